The Hall–Kier alpha value is -4.25. The fourth-order valence-electron chi connectivity index (χ4n) is 6.82. The Bertz CT molecular complexity index is 2630. The third-order valence-electron chi connectivity index (χ3n) is 10.1. The highest BCUT2D eigenvalue weighted by molar-refractivity contribution is 8.60. The van der Waals surface area contributed by atoms with Crippen LogP contribution in [0.1, 0.15) is 56.5 Å². The first-order valence-electron chi connectivity index (χ1n) is 19.1. The minimum Gasteiger partial charge on any atom is -0.773 e. The number of aromatic nitrogens is 2. The first-order chi connectivity index (χ1) is 30.1. The second kappa shape index (κ2) is 20.1. The van der Waals surface area contributed by atoms with Gasteiger partial charge in [0.25, 0.3) is 5.91 Å². The van der Waals surface area contributed by atoms with Gasteiger partial charge in [0.2, 0.25) is 19.1 Å². The molecule has 0 spiro atoms. The maximum atomic E-state index is 13.7. The van der Waals surface area contributed by atoms with Gasteiger partial charge in [0.05, 0.1) is 40.5 Å². The molecule has 2 aromatic carbocycles. The molecule has 342 valence electrons. The number of aromatic carboxylic acids is 1. The van der Waals surface area contributed by atoms with E-state index in [4.69, 9.17) is 48.0 Å². The Labute approximate surface area is 377 Å². The summed E-state index contributed by atoms with van der Waals surface area (Å²) in [7, 11) is -7.15. The van der Waals surface area contributed by atoms with E-state index in [2.05, 4.69) is 26.7 Å². The van der Waals surface area contributed by atoms with E-state index in [9.17, 15) is 43.6 Å². The van der Waals surface area contributed by atoms with Crippen LogP contribution in [0.15, 0.2) is 64.8 Å². The molecule has 2 aliphatic heterocycles. The van der Waals surface area contributed by atoms with Crippen LogP contribution in [0, 0.1) is 11.8 Å². The molecule has 4 unspecified atom stereocenters. The van der Waals surface area contributed by atoms with E-state index in [1.54, 1.807) is 6.07 Å². The number of nitrogens with one attached hydrogen (secondary N) is 2. The van der Waals surface area contributed by atoms with Crippen LogP contribution in [0.2, 0.25) is 10.0 Å². The second-order valence-electron chi connectivity index (χ2n) is 14.8. The number of nitrogens with zero attached hydrogens (tertiary/aromatic N) is 3. The molecule has 1 aromatic heterocycles. The number of likely N-dealkylation sites (N-methyl/N-ethyl adjacent to an activating group) is 1. The van der Waals surface area contributed by atoms with Crippen molar-refractivity contribution in [1.29, 1.82) is 0 Å². The molecule has 1 aliphatic carbocycles. The Kier molecular flexibility index (Phi) is 15.4. The van der Waals surface area contributed by atoms with Crippen molar-refractivity contribution in [3.05, 3.63) is 108 Å². The molecule has 0 saturated carbocycles. The number of hydrogen-bond donors (Lipinski definition) is 7. The van der Waals surface area contributed by atoms with Crippen LogP contribution >= 0.6 is 45.6 Å². The number of halogens is 2. The molecule has 6 rings (SSSR count). The average molecular weight is 984 g/mol. The summed E-state index contributed by atoms with van der Waals surface area (Å²) in [5, 5.41) is 12.8. The van der Waals surface area contributed by atoms with Crippen LogP contribution in [0.4, 0.5) is 11.5 Å². The molecule has 3 aromatic rings. The predicted molar refractivity (Wildman–Crippen MR) is 234 cm³/mol. The highest BCUT2D eigenvalue weighted by Gasteiger charge is 2.51. The summed E-state index contributed by atoms with van der Waals surface area (Å²) in [5.74, 6) is 4.39. The first kappa shape index (κ1) is 49.2. The molecule has 0 radical (unpaired) electrons. The molecule has 1 saturated heterocycles. The largest absolute Gasteiger partial charge is 0.773 e. The molecule has 6 atom stereocenters. The van der Waals surface area contributed by atoms with Crippen molar-refractivity contribution in [2.75, 3.05) is 65.2 Å². The number of allylic oxidation sites excluding steroid dienone is 1. The third-order valence-corrected chi connectivity index (χ3v) is 19.5. The van der Waals surface area contributed by atoms with Gasteiger partial charge in [-0.25, -0.2) is 14.3 Å². The van der Waals surface area contributed by atoms with Crippen LogP contribution in [0.3, 0.4) is 0 Å². The Morgan fingerprint density at radius 1 is 1.22 bits per heavy atom. The zero-order chi connectivity index (χ0) is 46.8. The van der Waals surface area contributed by atoms with Gasteiger partial charge in [-0.1, -0.05) is 47.2 Å². The summed E-state index contributed by atoms with van der Waals surface area (Å²) < 4.78 is 35.5. The van der Waals surface area contributed by atoms with Crippen molar-refractivity contribution in [2.45, 2.75) is 31.2 Å². The number of rotatable bonds is 15. The van der Waals surface area contributed by atoms with Crippen molar-refractivity contribution < 1.29 is 67.0 Å². The standard InChI is InChI=1S/C39H42Cl2N6O14P3/c1-45(2)22-7-10-25-29(16-22)61-30-17-23(46(3)4)8-11-26(30)32(25)34-33(38(49)50)28(40)18-27(35(34)41)37(48)43-13-15-58-14-5-6-21-19-47(39(51)44-36(21)42)31-12-9-24(60-31)20-59-63(54,55)64(56,57)62(52)53/h7-8,10-11,16-19,22,24,31,52H,9,12-15,20H2,1-4H3,(H6,42,43,44,48,49,50,51,54,55,56,57)/q-1/p+1/t22?,24-,31+/m0/s1. The minimum absolute atomic E-state index is 0.0192. The van der Waals surface area contributed by atoms with Crippen LogP contribution < -0.4 is 40.7 Å². The van der Waals surface area contributed by atoms with Crippen LogP contribution in [0.25, 0.3) is 5.57 Å². The SMILES string of the molecule is CN(C)c1ccc2c(c1)OC1=CC(N(C)C)C=CC1=C2c1c(Cl)c(C(=O)NCCOCC#Cc2c[n+]([C@H]3CC[C@@H](COP(=O)(O)[P+]([O-])(O)P([O-])O)O3)c(=O)[nH]c2N)cc(Cl)c1C(=O)O. The normalized spacial score (nSPS) is 20.2. The Morgan fingerprint density at radius 2 is 1.95 bits per heavy atom. The number of benzene rings is 2. The number of fused-ring (bicyclic) bond motifs is 2. The highest BCUT2D eigenvalue weighted by Crippen LogP contribution is 2.92. The molecular formula is C39H43Cl2N6O14P3. The quantitative estimate of drug-likeness (QED) is 0.0497. The van der Waals surface area contributed by atoms with Gasteiger partial charge in [-0.15, -0.1) is 0 Å². The van der Waals surface area contributed by atoms with Crippen LogP contribution in [-0.4, -0.2) is 108 Å². The maximum Gasteiger partial charge on any atom is 0.499 e. The van der Waals surface area contributed by atoms with Gasteiger partial charge in [-0.3, -0.25) is 19.1 Å². The maximum absolute atomic E-state index is 13.7. The number of hydrogen-bond acceptors (Lipinski definition) is 15. The molecule has 1 amide bonds. The summed E-state index contributed by atoms with van der Waals surface area (Å²) >= 11 is 13.7. The van der Waals surface area contributed by atoms with E-state index >= 15 is 0 Å². The van der Waals surface area contributed by atoms with E-state index in [1.165, 1.54) is 12.3 Å². The van der Waals surface area contributed by atoms with Gasteiger partial charge in [0.1, 0.15) is 37.9 Å². The molecule has 8 N–H and O–H groups in total. The van der Waals surface area contributed by atoms with E-state index in [0.29, 0.717) is 28.2 Å². The average Bonchev–Trinajstić information content (AvgIpc) is 3.71. The van der Waals surface area contributed by atoms with Gasteiger partial charge in [0, 0.05) is 67.1 Å². The van der Waals surface area contributed by atoms with Crippen LogP contribution in [0.5, 0.6) is 5.75 Å². The van der Waals surface area contributed by atoms with E-state index in [-0.39, 0.29) is 76.8 Å². The molecule has 20 nitrogen and oxygen atoms in total. The van der Waals surface area contributed by atoms with Gasteiger partial charge < -0.3 is 49.9 Å². The fourth-order valence-corrected chi connectivity index (χ4v) is 11.6. The van der Waals surface area contributed by atoms with E-state index in [1.807, 2.05) is 68.4 Å². The van der Waals surface area contributed by atoms with E-state index < -0.39 is 58.9 Å². The summed E-state index contributed by atoms with van der Waals surface area (Å²) in [5.41, 5.74) is 7.51. The fraction of sp³-hybridized carbons (Fsp3) is 0.333. The number of anilines is 2. The molecular weight excluding hydrogens is 940 g/mol. The van der Waals surface area contributed by atoms with Crippen molar-refractivity contribution in [3.63, 3.8) is 0 Å². The lowest BCUT2D eigenvalue weighted by molar-refractivity contribution is -0.773. The van der Waals surface area contributed by atoms with E-state index in [0.717, 1.165) is 10.3 Å². The highest BCUT2D eigenvalue weighted by atomic mass is 35.5. The number of nitrogens with two attached hydrogens (primary N) is 1. The summed E-state index contributed by atoms with van der Waals surface area (Å²) in [6.07, 6.45) is 5.56. The van der Waals surface area contributed by atoms with Gasteiger partial charge >= 0.3 is 18.9 Å². The summed E-state index contributed by atoms with van der Waals surface area (Å²) in [6.45, 7) is -0.855. The summed E-state index contributed by atoms with van der Waals surface area (Å²) in [4.78, 5) is 96.6. The molecule has 64 heavy (non-hydrogen) atoms. The molecule has 3 aliphatic rings. The number of aromatic amines is 1. The number of carbonyl (C=O) groups excluding carboxylic acids is 1. The molecule has 0 bridgehead atoms. The topological polar surface area (TPSA) is 296 Å². The summed E-state index contributed by atoms with van der Waals surface area (Å²) in [6, 6.07) is 6.56. The molecule has 1 fully saturated rings. The Balaban J connectivity index is 1.13. The predicted octanol–water partition coefficient (Wildman–Crippen LogP) is 2.27. The van der Waals surface area contributed by atoms with Gasteiger partial charge in [0.15, 0.2) is 0 Å². The third kappa shape index (κ3) is 10.4. The lowest BCUT2D eigenvalue weighted by Crippen LogP contribution is -2.55. The van der Waals surface area contributed by atoms with Crippen molar-refractivity contribution in [3.8, 4) is 17.6 Å². The minimum atomic E-state index is -5.44. The zero-order valence-electron chi connectivity index (χ0n) is 34.5. The number of nitrogen functional groups attached to an aromatic ring is 1. The number of ether oxygens (including phenoxy) is 3. The first-order valence-corrected chi connectivity index (χ1v) is 25.7. The molecule has 25 heteroatoms. The number of H-pyrrole nitrogens is 1. The smallest absolute Gasteiger partial charge is 0.499 e. The van der Waals surface area contributed by atoms with Crippen molar-refractivity contribution in [2.24, 2.45) is 0 Å². The zero-order valence-corrected chi connectivity index (χ0v) is 38.7. The molecule has 3 heterocycles. The van der Waals surface area contributed by atoms with Crippen LogP contribution in [-0.2, 0) is 18.6 Å². The number of carboxylic acids is 1. The number of carboxylic acid groups (broad SMARTS) is 1. The number of amides is 1. The lowest BCUT2D eigenvalue weighted by Gasteiger charge is -2.32. The van der Waals surface area contributed by atoms with Crippen molar-refractivity contribution >= 4 is 74.6 Å². The van der Waals surface area contributed by atoms with Gasteiger partial charge in [-0.2, -0.15) is 14.3 Å². The lowest BCUT2D eigenvalue weighted by atomic mass is 9.84. The second-order valence-corrected chi connectivity index (χ2v) is 25.1. The van der Waals surface area contributed by atoms with Gasteiger partial charge in [-0.05, 0) is 44.8 Å². The number of carbonyl (C=O) groups is 2. The van der Waals surface area contributed by atoms with Crippen molar-refractivity contribution in [1.82, 2.24) is 15.2 Å². The monoisotopic (exact) mass is 982 g/mol. The Morgan fingerprint density at radius 3 is 2.62 bits per heavy atom.